The van der Waals surface area contributed by atoms with E-state index in [9.17, 15) is 4.79 Å². The van der Waals surface area contributed by atoms with Gasteiger partial charge in [-0.25, -0.2) is 0 Å². The summed E-state index contributed by atoms with van der Waals surface area (Å²) in [6.45, 7) is 5.21. The summed E-state index contributed by atoms with van der Waals surface area (Å²) >= 11 is 0. The normalized spacial score (nSPS) is 12.0. The van der Waals surface area contributed by atoms with Crippen LogP contribution in [0.1, 0.15) is 43.0 Å². The zero-order chi connectivity index (χ0) is 22.1. The Morgan fingerprint density at radius 2 is 1.32 bits per heavy atom. The van der Waals surface area contributed by atoms with Crippen molar-refractivity contribution in [2.24, 2.45) is 0 Å². The zero-order valence-electron chi connectivity index (χ0n) is 18.5. The van der Waals surface area contributed by atoms with Crippen molar-refractivity contribution >= 4 is 5.97 Å². The molecule has 4 heteroatoms. The predicted octanol–water partition coefficient (Wildman–Crippen LogP) is 5.78. The second-order valence-corrected chi connectivity index (χ2v) is 7.91. The van der Waals surface area contributed by atoms with E-state index in [-0.39, 0.29) is 24.5 Å². The maximum atomic E-state index is 12.7. The summed E-state index contributed by atoms with van der Waals surface area (Å²) in [4.78, 5) is 15.0. The molecule has 31 heavy (non-hydrogen) atoms. The van der Waals surface area contributed by atoms with E-state index in [1.54, 1.807) is 7.11 Å². The van der Waals surface area contributed by atoms with Gasteiger partial charge in [0.2, 0.25) is 0 Å². The molecule has 0 saturated heterocycles. The van der Waals surface area contributed by atoms with Crippen molar-refractivity contribution in [1.82, 2.24) is 4.90 Å². The van der Waals surface area contributed by atoms with Gasteiger partial charge < -0.3 is 9.47 Å². The second-order valence-electron chi connectivity index (χ2n) is 7.91. The van der Waals surface area contributed by atoms with Gasteiger partial charge >= 0.3 is 5.97 Å². The molecule has 0 spiro atoms. The van der Waals surface area contributed by atoms with Crippen molar-refractivity contribution < 1.29 is 14.3 Å². The molecule has 0 saturated carbocycles. The number of benzene rings is 3. The second kappa shape index (κ2) is 11.3. The molecule has 4 nitrogen and oxygen atoms in total. The average Bonchev–Trinajstić information content (AvgIpc) is 2.78. The van der Waals surface area contributed by atoms with Crippen LogP contribution in [-0.4, -0.2) is 24.1 Å². The lowest BCUT2D eigenvalue weighted by Crippen LogP contribution is -2.31. The van der Waals surface area contributed by atoms with Crippen LogP contribution < -0.4 is 4.74 Å². The van der Waals surface area contributed by atoms with Crippen LogP contribution >= 0.6 is 0 Å². The quantitative estimate of drug-likeness (QED) is 0.392. The minimum Gasteiger partial charge on any atom is -0.497 e. The molecule has 0 radical (unpaired) electrons. The Balaban J connectivity index is 1.95. The van der Waals surface area contributed by atoms with E-state index in [0.29, 0.717) is 0 Å². The monoisotopic (exact) mass is 417 g/mol. The summed E-state index contributed by atoms with van der Waals surface area (Å²) in [6.07, 6.45) is 0.144. The average molecular weight is 418 g/mol. The van der Waals surface area contributed by atoms with E-state index in [4.69, 9.17) is 9.47 Å². The van der Waals surface area contributed by atoms with Gasteiger partial charge in [0.05, 0.1) is 19.6 Å². The standard InChI is InChI=1S/C27H31NO3/c1-21(2)31-27(29)18-26(24-14-16-25(30-3)17-15-24)28(19-22-10-6-4-7-11-22)20-23-12-8-5-9-13-23/h4-17,21,26H,18-20H2,1-3H3. The summed E-state index contributed by atoms with van der Waals surface area (Å²) in [7, 11) is 1.66. The van der Waals surface area contributed by atoms with Crippen molar-refractivity contribution in [3.05, 3.63) is 102 Å². The highest BCUT2D eigenvalue weighted by molar-refractivity contribution is 5.70. The van der Waals surface area contributed by atoms with Crippen LogP contribution in [0.3, 0.4) is 0 Å². The number of carbonyl (C=O) groups excluding carboxylic acids is 1. The highest BCUT2D eigenvalue weighted by Crippen LogP contribution is 2.30. The van der Waals surface area contributed by atoms with Crippen LogP contribution in [0, 0.1) is 0 Å². The lowest BCUT2D eigenvalue weighted by Gasteiger charge is -2.32. The Hall–Kier alpha value is -3.11. The predicted molar refractivity (Wildman–Crippen MR) is 124 cm³/mol. The molecule has 0 fully saturated rings. The Morgan fingerprint density at radius 1 is 0.806 bits per heavy atom. The summed E-state index contributed by atoms with van der Waals surface area (Å²) in [5.41, 5.74) is 3.47. The number of methoxy groups -OCH3 is 1. The van der Waals surface area contributed by atoms with E-state index in [1.807, 2.05) is 74.5 Å². The Kier molecular flexibility index (Phi) is 8.25. The topological polar surface area (TPSA) is 38.8 Å². The minimum atomic E-state index is -0.193. The molecule has 0 aliphatic heterocycles. The van der Waals surface area contributed by atoms with Crippen LogP contribution in [0.25, 0.3) is 0 Å². The molecule has 0 aliphatic carbocycles. The maximum absolute atomic E-state index is 12.7. The molecule has 0 N–H and O–H groups in total. The number of hydrogen-bond donors (Lipinski definition) is 0. The molecule has 0 aliphatic rings. The first-order chi connectivity index (χ1) is 15.0. The molecule has 3 aromatic carbocycles. The van der Waals surface area contributed by atoms with Gasteiger partial charge in [0.25, 0.3) is 0 Å². The zero-order valence-corrected chi connectivity index (χ0v) is 18.5. The first-order valence-electron chi connectivity index (χ1n) is 10.7. The smallest absolute Gasteiger partial charge is 0.307 e. The molecule has 0 bridgehead atoms. The molecular weight excluding hydrogens is 386 g/mol. The Morgan fingerprint density at radius 3 is 1.77 bits per heavy atom. The van der Waals surface area contributed by atoms with Gasteiger partial charge in [-0.2, -0.15) is 0 Å². The molecule has 0 heterocycles. The van der Waals surface area contributed by atoms with Gasteiger partial charge in [0.15, 0.2) is 0 Å². The van der Waals surface area contributed by atoms with Crippen LogP contribution in [0.15, 0.2) is 84.9 Å². The van der Waals surface area contributed by atoms with E-state index in [1.165, 1.54) is 11.1 Å². The van der Waals surface area contributed by atoms with Crippen LogP contribution in [-0.2, 0) is 22.6 Å². The Bertz CT molecular complexity index is 882. The molecule has 162 valence electrons. The van der Waals surface area contributed by atoms with E-state index < -0.39 is 0 Å². The molecular formula is C27H31NO3. The number of nitrogens with zero attached hydrogens (tertiary/aromatic N) is 1. The van der Waals surface area contributed by atoms with Gasteiger partial charge in [0.1, 0.15) is 5.75 Å². The molecule has 1 unspecified atom stereocenters. The number of esters is 1. The first-order valence-corrected chi connectivity index (χ1v) is 10.7. The van der Waals surface area contributed by atoms with Crippen LogP contribution in [0.4, 0.5) is 0 Å². The molecule has 0 amide bonds. The lowest BCUT2D eigenvalue weighted by atomic mass is 9.99. The molecule has 3 rings (SSSR count). The maximum Gasteiger partial charge on any atom is 0.307 e. The highest BCUT2D eigenvalue weighted by atomic mass is 16.5. The fourth-order valence-corrected chi connectivity index (χ4v) is 3.66. The number of rotatable bonds is 10. The third-order valence-corrected chi connectivity index (χ3v) is 5.13. The number of hydrogen-bond acceptors (Lipinski definition) is 4. The molecule has 1 atom stereocenters. The van der Waals surface area contributed by atoms with Crippen molar-refractivity contribution in [2.45, 2.75) is 45.5 Å². The summed E-state index contributed by atoms with van der Waals surface area (Å²) < 4.78 is 10.8. The van der Waals surface area contributed by atoms with Gasteiger partial charge in [-0.15, -0.1) is 0 Å². The first kappa shape index (κ1) is 22.6. The van der Waals surface area contributed by atoms with Gasteiger partial charge in [0, 0.05) is 19.1 Å². The van der Waals surface area contributed by atoms with Crippen LogP contribution in [0.2, 0.25) is 0 Å². The summed E-state index contributed by atoms with van der Waals surface area (Å²) in [6, 6.07) is 28.5. The van der Waals surface area contributed by atoms with Gasteiger partial charge in [-0.05, 0) is 42.7 Å². The largest absolute Gasteiger partial charge is 0.497 e. The minimum absolute atomic E-state index is 0.127. The van der Waals surface area contributed by atoms with Gasteiger partial charge in [-0.1, -0.05) is 72.8 Å². The third-order valence-electron chi connectivity index (χ3n) is 5.13. The number of ether oxygens (including phenoxy) is 2. The van der Waals surface area contributed by atoms with Crippen molar-refractivity contribution in [3.8, 4) is 5.75 Å². The summed E-state index contributed by atoms with van der Waals surface area (Å²) in [5, 5.41) is 0. The molecule has 3 aromatic rings. The van der Waals surface area contributed by atoms with Crippen molar-refractivity contribution in [2.75, 3.05) is 7.11 Å². The lowest BCUT2D eigenvalue weighted by molar-refractivity contribution is -0.149. The fraction of sp³-hybridized carbons (Fsp3) is 0.296. The van der Waals surface area contributed by atoms with Crippen molar-refractivity contribution in [3.63, 3.8) is 0 Å². The Labute approximate surface area is 185 Å². The fourth-order valence-electron chi connectivity index (χ4n) is 3.66. The van der Waals surface area contributed by atoms with Gasteiger partial charge in [-0.3, -0.25) is 9.69 Å². The van der Waals surface area contributed by atoms with Crippen LogP contribution in [0.5, 0.6) is 5.75 Å². The molecule has 0 aromatic heterocycles. The highest BCUT2D eigenvalue weighted by Gasteiger charge is 2.25. The van der Waals surface area contributed by atoms with E-state index in [2.05, 4.69) is 29.2 Å². The summed E-state index contributed by atoms with van der Waals surface area (Å²) in [5.74, 6) is 0.604. The number of carbonyl (C=O) groups is 1. The SMILES string of the molecule is COc1ccc(C(CC(=O)OC(C)C)N(Cc2ccccc2)Cc2ccccc2)cc1. The van der Waals surface area contributed by atoms with Crippen molar-refractivity contribution in [1.29, 1.82) is 0 Å². The van der Waals surface area contributed by atoms with E-state index in [0.717, 1.165) is 24.4 Å². The third kappa shape index (κ3) is 6.97. The van der Waals surface area contributed by atoms with E-state index >= 15 is 0 Å².